The Morgan fingerprint density at radius 2 is 1.81 bits per heavy atom. The second-order valence-corrected chi connectivity index (χ2v) is 11.7. The van der Waals surface area contributed by atoms with E-state index in [0.29, 0.717) is 38.4 Å². The van der Waals surface area contributed by atoms with E-state index >= 15 is 0 Å². The van der Waals surface area contributed by atoms with Gasteiger partial charge in [-0.15, -0.1) is 0 Å². The number of likely N-dealkylation sites (N-methyl/N-ethyl adjacent to an activating group) is 1. The van der Waals surface area contributed by atoms with Crippen LogP contribution in [0, 0.1) is 17.7 Å². The van der Waals surface area contributed by atoms with Crippen molar-refractivity contribution >= 4 is 46.5 Å². The molecule has 1 aromatic carbocycles. The Morgan fingerprint density at radius 3 is 2.44 bits per heavy atom. The van der Waals surface area contributed by atoms with Gasteiger partial charge in [-0.2, -0.15) is 9.37 Å². The highest BCUT2D eigenvalue weighted by atomic mass is 35.5. The monoisotopic (exact) mass is 616 g/mol. The summed E-state index contributed by atoms with van der Waals surface area (Å²) in [7, 11) is 4.70. The van der Waals surface area contributed by atoms with Crippen LogP contribution in [-0.4, -0.2) is 103 Å². The summed E-state index contributed by atoms with van der Waals surface area (Å²) in [6.07, 6.45) is 2.27. The van der Waals surface area contributed by atoms with Crippen LogP contribution >= 0.6 is 11.6 Å². The molecule has 3 N–H and O–H groups in total. The zero-order valence-corrected chi connectivity index (χ0v) is 25.3. The van der Waals surface area contributed by atoms with Crippen molar-refractivity contribution in [2.24, 2.45) is 5.92 Å². The van der Waals surface area contributed by atoms with E-state index in [2.05, 4.69) is 20.9 Å². The molecule has 1 aromatic heterocycles. The van der Waals surface area contributed by atoms with Crippen LogP contribution in [0.3, 0.4) is 0 Å². The largest absolute Gasteiger partial charge is 0.360 e. The van der Waals surface area contributed by atoms with Crippen molar-refractivity contribution in [3.63, 3.8) is 0 Å². The summed E-state index contributed by atoms with van der Waals surface area (Å²) in [5.41, 5.74) is -0.567. The summed E-state index contributed by atoms with van der Waals surface area (Å²) in [6, 6.07) is 5.67. The van der Waals surface area contributed by atoms with Crippen molar-refractivity contribution < 1.29 is 23.2 Å². The molecule has 3 amide bonds. The van der Waals surface area contributed by atoms with Gasteiger partial charge in [0.1, 0.15) is 0 Å². The van der Waals surface area contributed by atoms with Crippen LogP contribution in [0.25, 0.3) is 5.70 Å². The van der Waals surface area contributed by atoms with Crippen molar-refractivity contribution in [1.82, 2.24) is 30.3 Å². The van der Waals surface area contributed by atoms with Gasteiger partial charge in [-0.1, -0.05) is 11.6 Å². The third-order valence-electron chi connectivity index (χ3n) is 8.32. The third-order valence-corrected chi connectivity index (χ3v) is 8.63. The highest BCUT2D eigenvalue weighted by Gasteiger charge is 2.43. The molecule has 2 fully saturated rings. The lowest BCUT2D eigenvalue weighted by atomic mass is 10.1. The molecule has 0 spiro atoms. The number of carbonyl (C=O) groups excluding carboxylic acids is 3. The van der Waals surface area contributed by atoms with Gasteiger partial charge in [0, 0.05) is 65.8 Å². The highest BCUT2D eigenvalue weighted by molar-refractivity contribution is 6.34. The lowest BCUT2D eigenvalue weighted by Crippen LogP contribution is -2.56. The number of carbonyl (C=O) groups is 3. The maximum Gasteiger partial charge on any atom is 0.270 e. The fourth-order valence-corrected chi connectivity index (χ4v) is 5.77. The first-order valence-corrected chi connectivity index (χ1v) is 14.4. The average molecular weight is 617 g/mol. The number of pyridine rings is 1. The second kappa shape index (κ2) is 12.0. The van der Waals surface area contributed by atoms with E-state index in [0.717, 1.165) is 19.0 Å². The summed E-state index contributed by atoms with van der Waals surface area (Å²) in [4.78, 5) is 49.4. The van der Waals surface area contributed by atoms with Gasteiger partial charge >= 0.3 is 0 Å². The second-order valence-electron chi connectivity index (χ2n) is 11.3. The highest BCUT2D eigenvalue weighted by Crippen LogP contribution is 2.33. The SMILES string of the molecule is CN(C)c1nc(F)c(C2=CNC(C)(C(=O)Nc3ccc(C(=O)N4CCN(C(=O)C5CCNC5)CC4)c(Cl)c3)N2C)cc1F. The molecular weight excluding hydrogens is 582 g/mol. The predicted molar refractivity (Wildman–Crippen MR) is 159 cm³/mol. The Kier molecular flexibility index (Phi) is 8.48. The molecule has 0 aliphatic carbocycles. The number of rotatable bonds is 6. The van der Waals surface area contributed by atoms with Crippen molar-refractivity contribution in [3.8, 4) is 0 Å². The van der Waals surface area contributed by atoms with E-state index in [1.807, 2.05) is 4.90 Å². The molecule has 230 valence electrons. The van der Waals surface area contributed by atoms with Gasteiger partial charge in [0.2, 0.25) is 11.9 Å². The predicted octanol–water partition coefficient (Wildman–Crippen LogP) is 2.16. The molecule has 2 unspecified atom stereocenters. The number of halogens is 3. The molecule has 11 nitrogen and oxygen atoms in total. The molecule has 0 radical (unpaired) electrons. The Bertz CT molecular complexity index is 1470. The first kappa shape index (κ1) is 30.5. The van der Waals surface area contributed by atoms with Gasteiger partial charge in [-0.25, -0.2) is 4.39 Å². The Hall–Kier alpha value is -3.97. The van der Waals surface area contributed by atoms with Crippen LogP contribution in [0.2, 0.25) is 5.02 Å². The van der Waals surface area contributed by atoms with Gasteiger partial charge in [0.25, 0.3) is 11.8 Å². The van der Waals surface area contributed by atoms with E-state index in [4.69, 9.17) is 11.6 Å². The Morgan fingerprint density at radius 1 is 1.12 bits per heavy atom. The average Bonchev–Trinajstić information content (AvgIpc) is 3.62. The minimum Gasteiger partial charge on any atom is -0.360 e. The molecule has 4 heterocycles. The molecular formula is C29H35ClF2N8O3. The lowest BCUT2D eigenvalue weighted by molar-refractivity contribution is -0.136. The van der Waals surface area contributed by atoms with Crippen LogP contribution < -0.4 is 20.9 Å². The summed E-state index contributed by atoms with van der Waals surface area (Å²) < 4.78 is 29.4. The first-order valence-electron chi connectivity index (χ1n) is 14.1. The molecule has 43 heavy (non-hydrogen) atoms. The topological polar surface area (TPSA) is 113 Å². The number of anilines is 2. The first-order chi connectivity index (χ1) is 20.4. The van der Waals surface area contributed by atoms with Crippen molar-refractivity contribution in [2.75, 3.05) is 70.6 Å². The Labute approximate surface area is 253 Å². The van der Waals surface area contributed by atoms with Crippen LogP contribution in [0.1, 0.15) is 29.3 Å². The minimum absolute atomic E-state index is 0.000831. The maximum atomic E-state index is 14.9. The molecule has 2 aromatic rings. The maximum absolute atomic E-state index is 14.9. The van der Waals surface area contributed by atoms with E-state index in [9.17, 15) is 23.2 Å². The number of benzene rings is 1. The molecule has 14 heteroatoms. The van der Waals surface area contributed by atoms with Crippen molar-refractivity contribution in [2.45, 2.75) is 19.0 Å². The molecule has 0 saturated carbocycles. The van der Waals surface area contributed by atoms with Crippen molar-refractivity contribution in [1.29, 1.82) is 0 Å². The molecule has 3 aliphatic heterocycles. The van der Waals surface area contributed by atoms with E-state index < -0.39 is 23.3 Å². The van der Waals surface area contributed by atoms with Gasteiger partial charge < -0.3 is 35.6 Å². The zero-order chi connectivity index (χ0) is 31.1. The Balaban J connectivity index is 1.22. The minimum atomic E-state index is -1.36. The fraction of sp³-hybridized carbons (Fsp3) is 0.448. The van der Waals surface area contributed by atoms with E-state index in [1.54, 1.807) is 45.1 Å². The smallest absolute Gasteiger partial charge is 0.270 e. The van der Waals surface area contributed by atoms with Crippen LogP contribution in [0.4, 0.5) is 20.3 Å². The van der Waals surface area contributed by atoms with Gasteiger partial charge in [0.05, 0.1) is 27.8 Å². The summed E-state index contributed by atoms with van der Waals surface area (Å²) >= 11 is 6.49. The van der Waals surface area contributed by atoms with Crippen LogP contribution in [-0.2, 0) is 9.59 Å². The fourth-order valence-electron chi connectivity index (χ4n) is 5.51. The summed E-state index contributed by atoms with van der Waals surface area (Å²) in [5.74, 6) is -2.32. The number of nitrogens with zero attached hydrogens (tertiary/aromatic N) is 5. The van der Waals surface area contributed by atoms with Gasteiger partial charge in [-0.3, -0.25) is 14.4 Å². The van der Waals surface area contributed by atoms with Crippen molar-refractivity contribution in [3.05, 3.63) is 58.4 Å². The summed E-state index contributed by atoms with van der Waals surface area (Å²) in [5, 5.41) is 9.11. The lowest BCUT2D eigenvalue weighted by Gasteiger charge is -2.36. The molecule has 2 atom stereocenters. The number of hydrogen-bond donors (Lipinski definition) is 3. The number of nitrogens with one attached hydrogen (secondary N) is 3. The van der Waals surface area contributed by atoms with Crippen LogP contribution in [0.5, 0.6) is 0 Å². The van der Waals surface area contributed by atoms with E-state index in [-0.39, 0.29) is 45.4 Å². The molecule has 0 bridgehead atoms. The molecule has 2 saturated heterocycles. The standard InChI is InChI=1S/C29H35ClF2N8O3/c1-29(34-16-23(38(29)4)20-14-22(31)25(37(2)3)36-24(20)32)28(43)35-18-5-6-19(21(30)13-18)27(42)40-11-9-39(10-12-40)26(41)17-7-8-33-15-17/h5-6,13-14,16-17,33-34H,7-12,15H2,1-4H3,(H,35,43). The number of amides is 3. The van der Waals surface area contributed by atoms with Gasteiger partial charge in [0.15, 0.2) is 17.3 Å². The quantitative estimate of drug-likeness (QED) is 0.424. The summed E-state index contributed by atoms with van der Waals surface area (Å²) in [6.45, 7) is 4.88. The normalized spacial score (nSPS) is 21.9. The molecule has 5 rings (SSSR count). The number of aromatic nitrogens is 1. The molecule has 3 aliphatic rings. The van der Waals surface area contributed by atoms with Gasteiger partial charge in [-0.05, 0) is 44.2 Å². The van der Waals surface area contributed by atoms with E-state index in [1.165, 1.54) is 22.1 Å². The zero-order valence-electron chi connectivity index (χ0n) is 24.5. The van der Waals surface area contributed by atoms with Crippen LogP contribution in [0.15, 0.2) is 30.5 Å². The number of hydrogen-bond acceptors (Lipinski definition) is 8. The number of piperazine rings is 1. The third kappa shape index (κ3) is 5.83.